The first kappa shape index (κ1) is 15.4. The second-order valence-corrected chi connectivity index (χ2v) is 6.99. The molecule has 0 aliphatic carbocycles. The van der Waals surface area contributed by atoms with Gasteiger partial charge in [0.1, 0.15) is 5.82 Å². The smallest absolute Gasteiger partial charge is 0.243 e. The van der Waals surface area contributed by atoms with Gasteiger partial charge < -0.3 is 4.90 Å². The second-order valence-electron chi connectivity index (χ2n) is 5.06. The van der Waals surface area contributed by atoms with E-state index in [0.717, 1.165) is 38.5 Å². The van der Waals surface area contributed by atoms with Gasteiger partial charge in [-0.25, -0.2) is 12.8 Å². The van der Waals surface area contributed by atoms with Gasteiger partial charge in [-0.2, -0.15) is 4.31 Å². The summed E-state index contributed by atoms with van der Waals surface area (Å²) in [5, 5.41) is 0. The van der Waals surface area contributed by atoms with Crippen LogP contribution in [0.4, 0.5) is 4.39 Å². The molecular formula is C14H21FN2O2S. The summed E-state index contributed by atoms with van der Waals surface area (Å²) in [7, 11) is -3.56. The number of hydrogen-bond acceptors (Lipinski definition) is 3. The molecule has 4 nitrogen and oxygen atoms in total. The van der Waals surface area contributed by atoms with E-state index >= 15 is 0 Å². The summed E-state index contributed by atoms with van der Waals surface area (Å²) in [6.07, 6.45) is 2.28. The van der Waals surface area contributed by atoms with Crippen LogP contribution in [0.5, 0.6) is 0 Å². The minimum atomic E-state index is -3.56. The molecule has 112 valence electrons. The van der Waals surface area contributed by atoms with E-state index in [1.54, 1.807) is 0 Å². The molecular weight excluding hydrogens is 279 g/mol. The fourth-order valence-corrected chi connectivity index (χ4v) is 3.81. The molecule has 1 fully saturated rings. The van der Waals surface area contributed by atoms with Gasteiger partial charge in [-0.1, -0.05) is 19.4 Å². The van der Waals surface area contributed by atoms with E-state index < -0.39 is 15.8 Å². The van der Waals surface area contributed by atoms with Gasteiger partial charge in [-0.15, -0.1) is 0 Å². The van der Waals surface area contributed by atoms with Crippen molar-refractivity contribution >= 4 is 10.0 Å². The Morgan fingerprint density at radius 3 is 2.50 bits per heavy atom. The number of benzene rings is 1. The summed E-state index contributed by atoms with van der Waals surface area (Å²) >= 11 is 0. The van der Waals surface area contributed by atoms with Crippen LogP contribution in [-0.2, 0) is 10.0 Å². The maximum atomic E-state index is 13.2. The van der Waals surface area contributed by atoms with Crippen LogP contribution in [0.25, 0.3) is 0 Å². The molecule has 0 amide bonds. The molecule has 0 bridgehead atoms. The molecule has 1 aliphatic rings. The first-order valence-corrected chi connectivity index (χ1v) is 8.46. The standard InChI is InChI=1S/C14H21FN2O2S/c1-2-3-7-16-8-10-17(11-9-16)20(18,19)14-6-4-5-13(15)12-14/h4-6,12H,2-3,7-11H2,1H3. The zero-order valence-corrected chi connectivity index (χ0v) is 12.6. The Kier molecular flexibility index (Phi) is 5.12. The summed E-state index contributed by atoms with van der Waals surface area (Å²) in [6.45, 7) is 5.60. The molecule has 6 heteroatoms. The second kappa shape index (κ2) is 6.65. The Morgan fingerprint density at radius 2 is 1.90 bits per heavy atom. The van der Waals surface area contributed by atoms with Gasteiger partial charge >= 0.3 is 0 Å². The Labute approximate surface area is 120 Å². The Balaban J connectivity index is 2.02. The van der Waals surface area contributed by atoms with Gasteiger partial charge in [0.15, 0.2) is 0 Å². The third-order valence-corrected chi connectivity index (χ3v) is 5.49. The van der Waals surface area contributed by atoms with Crippen LogP contribution in [-0.4, -0.2) is 50.3 Å². The van der Waals surface area contributed by atoms with Crippen molar-refractivity contribution in [3.05, 3.63) is 30.1 Å². The highest BCUT2D eigenvalue weighted by molar-refractivity contribution is 7.89. The van der Waals surface area contributed by atoms with Gasteiger partial charge in [0.25, 0.3) is 0 Å². The molecule has 20 heavy (non-hydrogen) atoms. The normalized spacial score (nSPS) is 18.3. The average Bonchev–Trinajstić information content (AvgIpc) is 2.45. The van der Waals surface area contributed by atoms with Gasteiger partial charge in [-0.3, -0.25) is 0 Å². The molecule has 0 N–H and O–H groups in total. The number of sulfonamides is 1. The van der Waals surface area contributed by atoms with Crippen LogP contribution >= 0.6 is 0 Å². The highest BCUT2D eigenvalue weighted by Crippen LogP contribution is 2.18. The fraction of sp³-hybridized carbons (Fsp3) is 0.571. The molecule has 0 aromatic heterocycles. The summed E-state index contributed by atoms with van der Waals surface area (Å²) < 4.78 is 39.4. The molecule has 1 aromatic carbocycles. The van der Waals surface area contributed by atoms with Crippen LogP contribution in [0.1, 0.15) is 19.8 Å². The number of rotatable bonds is 5. The van der Waals surface area contributed by atoms with E-state index in [-0.39, 0.29) is 4.90 Å². The van der Waals surface area contributed by atoms with Crippen LogP contribution in [0, 0.1) is 5.82 Å². The van der Waals surface area contributed by atoms with Crippen molar-refractivity contribution in [3.8, 4) is 0 Å². The number of piperazine rings is 1. The Morgan fingerprint density at radius 1 is 1.20 bits per heavy atom. The number of halogens is 1. The number of hydrogen-bond donors (Lipinski definition) is 0. The summed E-state index contributed by atoms with van der Waals surface area (Å²) in [6, 6.07) is 5.21. The summed E-state index contributed by atoms with van der Waals surface area (Å²) in [4.78, 5) is 2.32. The predicted octanol–water partition coefficient (Wildman–Crippen LogP) is 1.93. The molecule has 2 rings (SSSR count). The quantitative estimate of drug-likeness (QED) is 0.834. The molecule has 1 heterocycles. The van der Waals surface area contributed by atoms with E-state index in [0.29, 0.717) is 13.1 Å². The topological polar surface area (TPSA) is 40.6 Å². The van der Waals surface area contributed by atoms with Crippen LogP contribution < -0.4 is 0 Å². The van der Waals surface area contributed by atoms with E-state index in [1.165, 1.54) is 22.5 Å². The van der Waals surface area contributed by atoms with Crippen LogP contribution in [0.3, 0.4) is 0 Å². The maximum absolute atomic E-state index is 13.2. The third-order valence-electron chi connectivity index (χ3n) is 3.59. The van der Waals surface area contributed by atoms with Crippen molar-refractivity contribution in [3.63, 3.8) is 0 Å². The van der Waals surface area contributed by atoms with E-state index in [9.17, 15) is 12.8 Å². The Hall–Kier alpha value is -0.980. The van der Waals surface area contributed by atoms with Gasteiger partial charge in [0, 0.05) is 26.2 Å². The lowest BCUT2D eigenvalue weighted by Gasteiger charge is -2.33. The van der Waals surface area contributed by atoms with Crippen molar-refractivity contribution < 1.29 is 12.8 Å². The van der Waals surface area contributed by atoms with Crippen molar-refractivity contribution in [2.24, 2.45) is 0 Å². The maximum Gasteiger partial charge on any atom is 0.243 e. The molecule has 0 atom stereocenters. The molecule has 1 aliphatic heterocycles. The lowest BCUT2D eigenvalue weighted by molar-refractivity contribution is 0.186. The van der Waals surface area contributed by atoms with Crippen molar-refractivity contribution in [1.82, 2.24) is 9.21 Å². The van der Waals surface area contributed by atoms with Crippen molar-refractivity contribution in [2.75, 3.05) is 32.7 Å². The van der Waals surface area contributed by atoms with Crippen LogP contribution in [0.15, 0.2) is 29.2 Å². The van der Waals surface area contributed by atoms with Gasteiger partial charge in [0.2, 0.25) is 10.0 Å². The first-order valence-electron chi connectivity index (χ1n) is 7.02. The minimum absolute atomic E-state index is 0.0412. The van der Waals surface area contributed by atoms with E-state index in [1.807, 2.05) is 0 Å². The van der Waals surface area contributed by atoms with E-state index in [2.05, 4.69) is 11.8 Å². The molecule has 0 radical (unpaired) electrons. The minimum Gasteiger partial charge on any atom is -0.301 e. The highest BCUT2D eigenvalue weighted by Gasteiger charge is 2.28. The SMILES string of the molecule is CCCCN1CCN(S(=O)(=O)c2cccc(F)c2)CC1. The fourth-order valence-electron chi connectivity index (χ4n) is 2.35. The molecule has 1 saturated heterocycles. The van der Waals surface area contributed by atoms with Crippen LogP contribution in [0.2, 0.25) is 0 Å². The zero-order chi connectivity index (χ0) is 14.6. The molecule has 0 unspecified atom stereocenters. The van der Waals surface area contributed by atoms with E-state index in [4.69, 9.17) is 0 Å². The van der Waals surface area contributed by atoms with Crippen molar-refractivity contribution in [2.45, 2.75) is 24.7 Å². The summed E-state index contributed by atoms with van der Waals surface area (Å²) in [5.41, 5.74) is 0. The lowest BCUT2D eigenvalue weighted by atomic mass is 10.3. The number of nitrogens with zero attached hydrogens (tertiary/aromatic N) is 2. The molecule has 1 aromatic rings. The third kappa shape index (κ3) is 3.56. The van der Waals surface area contributed by atoms with Crippen molar-refractivity contribution in [1.29, 1.82) is 0 Å². The van der Waals surface area contributed by atoms with Gasteiger partial charge in [-0.05, 0) is 31.2 Å². The Bertz CT molecular complexity index is 540. The lowest BCUT2D eigenvalue weighted by Crippen LogP contribution is -2.48. The predicted molar refractivity (Wildman–Crippen MR) is 76.5 cm³/mol. The number of unbranched alkanes of at least 4 members (excludes halogenated alkanes) is 1. The molecule has 0 spiro atoms. The highest BCUT2D eigenvalue weighted by atomic mass is 32.2. The monoisotopic (exact) mass is 300 g/mol. The van der Waals surface area contributed by atoms with Gasteiger partial charge in [0.05, 0.1) is 4.90 Å². The first-order chi connectivity index (χ1) is 9.54. The largest absolute Gasteiger partial charge is 0.301 e. The zero-order valence-electron chi connectivity index (χ0n) is 11.8. The molecule has 0 saturated carbocycles. The average molecular weight is 300 g/mol. The summed E-state index contributed by atoms with van der Waals surface area (Å²) in [5.74, 6) is -0.521.